The molecule has 0 atom stereocenters. The Morgan fingerprint density at radius 2 is 1.90 bits per heavy atom. The van der Waals surface area contributed by atoms with Crippen molar-refractivity contribution in [2.75, 3.05) is 25.1 Å². The van der Waals surface area contributed by atoms with Crippen LogP contribution in [-0.2, 0) is 19.9 Å². The molecule has 6 nitrogen and oxygen atoms in total. The van der Waals surface area contributed by atoms with E-state index < -0.39 is 19.9 Å². The van der Waals surface area contributed by atoms with E-state index in [1.54, 1.807) is 19.1 Å². The SMILES string of the molecule is Cc1ccc(C#CCN)cc1S(=O)(=O)NCCS(C)(=O)=O. The van der Waals surface area contributed by atoms with Crippen molar-refractivity contribution < 1.29 is 16.8 Å². The van der Waals surface area contributed by atoms with Crippen molar-refractivity contribution >= 4 is 19.9 Å². The van der Waals surface area contributed by atoms with Crippen LogP contribution in [0.15, 0.2) is 23.1 Å². The molecule has 0 saturated carbocycles. The molecule has 21 heavy (non-hydrogen) atoms. The van der Waals surface area contributed by atoms with Gasteiger partial charge in [-0.1, -0.05) is 17.9 Å². The second-order valence-electron chi connectivity index (χ2n) is 4.51. The highest BCUT2D eigenvalue weighted by atomic mass is 32.2. The van der Waals surface area contributed by atoms with Crippen LogP contribution in [0.3, 0.4) is 0 Å². The van der Waals surface area contributed by atoms with Crippen molar-refractivity contribution in [3.05, 3.63) is 29.3 Å². The summed E-state index contributed by atoms with van der Waals surface area (Å²) in [7, 11) is -7.00. The Morgan fingerprint density at radius 1 is 1.24 bits per heavy atom. The zero-order valence-electron chi connectivity index (χ0n) is 11.9. The lowest BCUT2D eigenvalue weighted by atomic mass is 10.1. The standard InChI is InChI=1S/C13H18N2O4S2/c1-11-5-6-12(4-3-7-14)10-13(11)21(18,19)15-8-9-20(2,16)17/h5-6,10,15H,7-9,14H2,1-2H3. The van der Waals surface area contributed by atoms with E-state index in [1.165, 1.54) is 6.07 Å². The molecule has 116 valence electrons. The highest BCUT2D eigenvalue weighted by molar-refractivity contribution is 7.91. The molecule has 1 aromatic rings. The molecule has 0 fully saturated rings. The molecule has 0 aliphatic carbocycles. The van der Waals surface area contributed by atoms with Gasteiger partial charge in [0.2, 0.25) is 10.0 Å². The number of nitrogens with two attached hydrogens (primary N) is 1. The molecule has 0 spiro atoms. The lowest BCUT2D eigenvalue weighted by molar-refractivity contribution is 0.581. The van der Waals surface area contributed by atoms with Gasteiger partial charge in [-0.05, 0) is 24.6 Å². The Labute approximate surface area is 125 Å². The van der Waals surface area contributed by atoms with E-state index >= 15 is 0 Å². The lowest BCUT2D eigenvalue weighted by Crippen LogP contribution is -2.29. The number of nitrogens with one attached hydrogen (secondary N) is 1. The van der Waals surface area contributed by atoms with Crippen LogP contribution in [0.5, 0.6) is 0 Å². The van der Waals surface area contributed by atoms with Gasteiger partial charge in [0, 0.05) is 18.4 Å². The third-order valence-corrected chi connectivity index (χ3v) is 5.13. The van der Waals surface area contributed by atoms with Crippen molar-refractivity contribution in [1.82, 2.24) is 4.72 Å². The van der Waals surface area contributed by atoms with Crippen LogP contribution in [0.2, 0.25) is 0 Å². The van der Waals surface area contributed by atoms with Crippen LogP contribution in [0, 0.1) is 18.8 Å². The Hall–Kier alpha value is -1.40. The summed E-state index contributed by atoms with van der Waals surface area (Å²) in [6, 6.07) is 4.79. The maximum atomic E-state index is 12.2. The molecular weight excluding hydrogens is 312 g/mol. The molecule has 0 aliphatic heterocycles. The van der Waals surface area contributed by atoms with Crippen LogP contribution < -0.4 is 10.5 Å². The molecule has 0 amide bonds. The average Bonchev–Trinajstić information content (AvgIpc) is 2.35. The minimum Gasteiger partial charge on any atom is -0.320 e. The summed E-state index contributed by atoms with van der Waals surface area (Å²) in [5.41, 5.74) is 6.37. The van der Waals surface area contributed by atoms with Crippen molar-refractivity contribution in [1.29, 1.82) is 0 Å². The summed E-state index contributed by atoms with van der Waals surface area (Å²) in [5.74, 6) is 5.16. The fraction of sp³-hybridized carbons (Fsp3) is 0.385. The normalized spacial score (nSPS) is 11.8. The molecule has 3 N–H and O–H groups in total. The first-order chi connectivity index (χ1) is 9.65. The summed E-state index contributed by atoms with van der Waals surface area (Å²) in [6.07, 6.45) is 1.05. The summed E-state index contributed by atoms with van der Waals surface area (Å²) >= 11 is 0. The van der Waals surface area contributed by atoms with Crippen LogP contribution in [-0.4, -0.2) is 41.9 Å². The zero-order valence-corrected chi connectivity index (χ0v) is 13.5. The Morgan fingerprint density at radius 3 is 2.48 bits per heavy atom. The van der Waals surface area contributed by atoms with Crippen molar-refractivity contribution in [2.24, 2.45) is 5.73 Å². The number of rotatable bonds is 5. The highest BCUT2D eigenvalue weighted by Gasteiger charge is 2.17. The average molecular weight is 330 g/mol. The van der Waals surface area contributed by atoms with Crippen molar-refractivity contribution in [3.8, 4) is 11.8 Å². The van der Waals surface area contributed by atoms with E-state index in [2.05, 4.69) is 16.6 Å². The van der Waals surface area contributed by atoms with Gasteiger partial charge < -0.3 is 5.73 Å². The molecule has 0 unspecified atom stereocenters. The minimum atomic E-state index is -3.77. The third kappa shape index (κ3) is 5.85. The summed E-state index contributed by atoms with van der Waals surface area (Å²) in [4.78, 5) is 0.0832. The van der Waals surface area contributed by atoms with Gasteiger partial charge in [-0.2, -0.15) is 0 Å². The summed E-state index contributed by atoms with van der Waals surface area (Å²) < 4.78 is 48.7. The molecule has 0 aliphatic rings. The van der Waals surface area contributed by atoms with E-state index in [1.807, 2.05) is 0 Å². The third-order valence-electron chi connectivity index (χ3n) is 2.58. The first-order valence-corrected chi connectivity index (χ1v) is 9.67. The predicted molar refractivity (Wildman–Crippen MR) is 82.0 cm³/mol. The molecule has 0 saturated heterocycles. The maximum absolute atomic E-state index is 12.2. The fourth-order valence-corrected chi connectivity index (χ4v) is 3.46. The monoisotopic (exact) mass is 330 g/mol. The molecule has 0 radical (unpaired) electrons. The van der Waals surface area contributed by atoms with Gasteiger partial charge in [-0.25, -0.2) is 21.6 Å². The van der Waals surface area contributed by atoms with Gasteiger partial charge in [-0.3, -0.25) is 0 Å². The van der Waals surface area contributed by atoms with E-state index in [0.717, 1.165) is 6.26 Å². The second kappa shape index (κ2) is 7.04. The first kappa shape index (κ1) is 17.7. The topological polar surface area (TPSA) is 106 Å². The predicted octanol–water partition coefficient (Wildman–Crippen LogP) is -0.372. The molecule has 0 aromatic heterocycles. The first-order valence-electron chi connectivity index (χ1n) is 6.13. The summed E-state index contributed by atoms with van der Waals surface area (Å²) in [5, 5.41) is 0. The number of benzene rings is 1. The van der Waals surface area contributed by atoms with Gasteiger partial charge in [0.05, 0.1) is 17.2 Å². The second-order valence-corrected chi connectivity index (χ2v) is 8.51. The quantitative estimate of drug-likeness (QED) is 0.716. The molecule has 0 heterocycles. The largest absolute Gasteiger partial charge is 0.320 e. The van der Waals surface area contributed by atoms with Gasteiger partial charge >= 0.3 is 0 Å². The Bertz CT molecular complexity index is 772. The molecular formula is C13H18N2O4S2. The molecule has 1 aromatic carbocycles. The Kier molecular flexibility index (Phi) is 5.92. The Balaban J connectivity index is 3.02. The van der Waals surface area contributed by atoms with Crippen molar-refractivity contribution in [2.45, 2.75) is 11.8 Å². The van der Waals surface area contributed by atoms with E-state index in [9.17, 15) is 16.8 Å². The molecule has 8 heteroatoms. The van der Waals surface area contributed by atoms with E-state index in [4.69, 9.17) is 5.73 Å². The number of aryl methyl sites for hydroxylation is 1. The van der Waals surface area contributed by atoms with Crippen LogP contribution >= 0.6 is 0 Å². The van der Waals surface area contributed by atoms with Crippen LogP contribution in [0.1, 0.15) is 11.1 Å². The van der Waals surface area contributed by atoms with Crippen LogP contribution in [0.4, 0.5) is 0 Å². The van der Waals surface area contributed by atoms with Gasteiger partial charge in [0.15, 0.2) is 0 Å². The fourth-order valence-electron chi connectivity index (χ4n) is 1.56. The number of sulfone groups is 1. The molecule has 0 bridgehead atoms. The number of sulfonamides is 1. The maximum Gasteiger partial charge on any atom is 0.240 e. The van der Waals surface area contributed by atoms with Gasteiger partial charge in [-0.15, -0.1) is 0 Å². The number of hydrogen-bond donors (Lipinski definition) is 2. The van der Waals surface area contributed by atoms with Crippen molar-refractivity contribution in [3.63, 3.8) is 0 Å². The van der Waals surface area contributed by atoms with Gasteiger partial charge in [0.25, 0.3) is 0 Å². The number of hydrogen-bond acceptors (Lipinski definition) is 5. The highest BCUT2D eigenvalue weighted by Crippen LogP contribution is 2.16. The lowest BCUT2D eigenvalue weighted by Gasteiger charge is -2.09. The van der Waals surface area contributed by atoms with E-state index in [-0.39, 0.29) is 23.7 Å². The smallest absolute Gasteiger partial charge is 0.240 e. The zero-order chi connectivity index (χ0) is 16.1. The summed E-state index contributed by atoms with van der Waals surface area (Å²) in [6.45, 7) is 1.67. The van der Waals surface area contributed by atoms with Crippen LogP contribution in [0.25, 0.3) is 0 Å². The van der Waals surface area contributed by atoms with Gasteiger partial charge in [0.1, 0.15) is 9.84 Å². The van der Waals surface area contributed by atoms with E-state index in [0.29, 0.717) is 11.1 Å². The molecule has 1 rings (SSSR count). The minimum absolute atomic E-state index is 0.0832.